The summed E-state index contributed by atoms with van der Waals surface area (Å²) in [7, 11) is -3.79. The third-order valence-corrected chi connectivity index (χ3v) is 5.54. The van der Waals surface area contributed by atoms with Crippen molar-refractivity contribution in [2.75, 3.05) is 31.2 Å². The summed E-state index contributed by atoms with van der Waals surface area (Å²) in [5, 5.41) is 0. The Morgan fingerprint density at radius 3 is 2.85 bits per heavy atom. The van der Waals surface area contributed by atoms with Crippen LogP contribution in [0.25, 0.3) is 11.1 Å². The van der Waals surface area contributed by atoms with Crippen LogP contribution in [0.1, 0.15) is 5.69 Å². The Morgan fingerprint density at radius 2 is 2.04 bits per heavy atom. The lowest BCUT2D eigenvalue weighted by molar-refractivity contribution is 0.122. The minimum atomic E-state index is -3.79. The molecule has 11 heteroatoms. The van der Waals surface area contributed by atoms with E-state index in [9.17, 15) is 13.2 Å². The van der Waals surface area contributed by atoms with E-state index in [1.54, 1.807) is 12.3 Å². The zero-order valence-electron chi connectivity index (χ0n) is 14.2. The van der Waals surface area contributed by atoms with Gasteiger partial charge in [-0.15, -0.1) is 0 Å². The van der Waals surface area contributed by atoms with Crippen LogP contribution < -0.4 is 15.4 Å². The largest absolute Gasteiger partial charge is 0.417 e. The van der Waals surface area contributed by atoms with E-state index in [-0.39, 0.29) is 11.4 Å². The predicted molar refractivity (Wildman–Crippen MR) is 95.9 cm³/mol. The molecule has 0 atom stereocenters. The van der Waals surface area contributed by atoms with Crippen molar-refractivity contribution in [3.8, 4) is 0 Å². The van der Waals surface area contributed by atoms with Crippen molar-refractivity contribution in [2.45, 2.75) is 11.4 Å². The molecule has 3 aromatic rings. The maximum absolute atomic E-state index is 12.5. The molecule has 0 aliphatic carbocycles. The fourth-order valence-corrected chi connectivity index (χ4v) is 3.77. The highest BCUT2D eigenvalue weighted by molar-refractivity contribution is 7.89. The second-order valence-electron chi connectivity index (χ2n) is 5.94. The zero-order chi connectivity index (χ0) is 18.9. The van der Waals surface area contributed by atoms with E-state index in [1.165, 1.54) is 18.2 Å². The van der Waals surface area contributed by atoms with E-state index in [0.717, 1.165) is 0 Å². The molecule has 2 aromatic heterocycles. The predicted octanol–water partition coefficient (Wildman–Crippen LogP) is 0.226. The average molecular weight is 391 g/mol. The van der Waals surface area contributed by atoms with Crippen LogP contribution in [0.4, 0.5) is 5.95 Å². The van der Waals surface area contributed by atoms with Crippen LogP contribution in [-0.2, 0) is 21.3 Å². The van der Waals surface area contributed by atoms with Crippen molar-refractivity contribution in [1.82, 2.24) is 19.7 Å². The number of anilines is 1. The molecular formula is C16H17N5O5S. The van der Waals surface area contributed by atoms with Gasteiger partial charge in [-0.2, -0.15) is 0 Å². The molecule has 142 valence electrons. The first kappa shape index (κ1) is 17.6. The first-order chi connectivity index (χ1) is 13.0. The summed E-state index contributed by atoms with van der Waals surface area (Å²) in [6.07, 6.45) is 1.60. The summed E-state index contributed by atoms with van der Waals surface area (Å²) in [4.78, 5) is 24.3. The quantitative estimate of drug-likeness (QED) is 0.632. The fourth-order valence-electron chi connectivity index (χ4n) is 2.75. The molecule has 1 aromatic carbocycles. The van der Waals surface area contributed by atoms with Gasteiger partial charge < -0.3 is 14.1 Å². The molecule has 0 bridgehead atoms. The number of fused-ring (bicyclic) bond motifs is 1. The minimum Gasteiger partial charge on any atom is -0.408 e. The first-order valence-corrected chi connectivity index (χ1v) is 9.77. The number of aromatic nitrogens is 3. The number of oxazole rings is 1. The molecular weight excluding hydrogens is 374 g/mol. The van der Waals surface area contributed by atoms with Crippen LogP contribution in [0.2, 0.25) is 0 Å². The number of aromatic amines is 1. The molecule has 27 heavy (non-hydrogen) atoms. The Bertz CT molecular complexity index is 1120. The van der Waals surface area contributed by atoms with E-state index in [1.807, 2.05) is 4.90 Å². The second-order valence-corrected chi connectivity index (χ2v) is 7.71. The number of morpholine rings is 1. The van der Waals surface area contributed by atoms with Gasteiger partial charge in [0, 0.05) is 19.3 Å². The summed E-state index contributed by atoms with van der Waals surface area (Å²) in [5.74, 6) is -0.0866. The standard InChI is InChI=1S/C16H17N5O5S/c22-16-20-13-9-12(1-2-14(13)26-16)27(23,24)18-10-11-3-4-17-15(19-11)21-5-7-25-8-6-21/h1-4,9,18H,5-8,10H2,(H,20,22). The van der Waals surface area contributed by atoms with Crippen LogP contribution in [0.5, 0.6) is 0 Å². The van der Waals surface area contributed by atoms with Crippen molar-refractivity contribution >= 4 is 27.1 Å². The topological polar surface area (TPSA) is 130 Å². The molecule has 0 amide bonds. The number of nitrogens with one attached hydrogen (secondary N) is 2. The molecule has 1 fully saturated rings. The Balaban J connectivity index is 1.50. The summed E-state index contributed by atoms with van der Waals surface area (Å²) < 4.78 is 37.8. The average Bonchev–Trinajstić information content (AvgIpc) is 3.06. The number of rotatable bonds is 5. The third kappa shape index (κ3) is 3.84. The number of hydrogen-bond acceptors (Lipinski definition) is 8. The Morgan fingerprint density at radius 1 is 1.22 bits per heavy atom. The van der Waals surface area contributed by atoms with Gasteiger partial charge >= 0.3 is 5.76 Å². The molecule has 3 heterocycles. The molecule has 0 unspecified atom stereocenters. The second kappa shape index (κ2) is 7.10. The maximum atomic E-state index is 12.5. The van der Waals surface area contributed by atoms with Crippen LogP contribution >= 0.6 is 0 Å². The number of benzene rings is 1. The normalized spacial score (nSPS) is 15.3. The van der Waals surface area contributed by atoms with Gasteiger partial charge in [-0.05, 0) is 24.3 Å². The third-order valence-electron chi connectivity index (χ3n) is 4.14. The highest BCUT2D eigenvalue weighted by Crippen LogP contribution is 2.17. The fraction of sp³-hybridized carbons (Fsp3) is 0.312. The maximum Gasteiger partial charge on any atom is 0.417 e. The van der Waals surface area contributed by atoms with Gasteiger partial charge in [0.1, 0.15) is 0 Å². The summed E-state index contributed by atoms with van der Waals surface area (Å²) in [6.45, 7) is 2.62. The van der Waals surface area contributed by atoms with E-state index in [4.69, 9.17) is 9.15 Å². The molecule has 0 spiro atoms. The van der Waals surface area contributed by atoms with E-state index >= 15 is 0 Å². The van der Waals surface area contributed by atoms with Gasteiger partial charge in [0.15, 0.2) is 5.58 Å². The zero-order valence-corrected chi connectivity index (χ0v) is 15.0. The van der Waals surface area contributed by atoms with Crippen molar-refractivity contribution < 1.29 is 17.6 Å². The van der Waals surface area contributed by atoms with Crippen molar-refractivity contribution in [2.24, 2.45) is 0 Å². The van der Waals surface area contributed by atoms with Crippen LogP contribution in [0.3, 0.4) is 0 Å². The number of sulfonamides is 1. The van der Waals surface area contributed by atoms with Crippen LogP contribution in [-0.4, -0.2) is 49.7 Å². The summed E-state index contributed by atoms with van der Waals surface area (Å²) >= 11 is 0. The molecule has 0 radical (unpaired) electrons. The Labute approximate surface area is 154 Å². The molecule has 1 aliphatic rings. The lowest BCUT2D eigenvalue weighted by atomic mass is 10.3. The first-order valence-electron chi connectivity index (χ1n) is 8.28. The SMILES string of the molecule is O=c1[nH]c2cc(S(=O)(=O)NCc3ccnc(N4CCOCC4)n3)ccc2o1. The molecule has 4 rings (SSSR count). The monoisotopic (exact) mass is 391 g/mol. The highest BCUT2D eigenvalue weighted by Gasteiger charge is 2.17. The summed E-state index contributed by atoms with van der Waals surface area (Å²) in [6, 6.07) is 5.81. The molecule has 1 saturated heterocycles. The van der Waals surface area contributed by atoms with Crippen LogP contribution in [0.15, 0.2) is 44.6 Å². The van der Waals surface area contributed by atoms with Crippen molar-refractivity contribution in [3.05, 3.63) is 46.7 Å². The van der Waals surface area contributed by atoms with Gasteiger partial charge in [-0.3, -0.25) is 4.98 Å². The van der Waals surface area contributed by atoms with E-state index < -0.39 is 15.8 Å². The Hall–Kier alpha value is -2.76. The number of ether oxygens (including phenoxy) is 1. The number of nitrogens with zero attached hydrogens (tertiary/aromatic N) is 3. The smallest absolute Gasteiger partial charge is 0.408 e. The highest BCUT2D eigenvalue weighted by atomic mass is 32.2. The summed E-state index contributed by atoms with van der Waals surface area (Å²) in [5.41, 5.74) is 1.16. The van der Waals surface area contributed by atoms with Gasteiger partial charge in [0.2, 0.25) is 16.0 Å². The number of hydrogen-bond donors (Lipinski definition) is 2. The van der Waals surface area contributed by atoms with Gasteiger partial charge in [-0.1, -0.05) is 0 Å². The van der Waals surface area contributed by atoms with Gasteiger partial charge in [0.05, 0.1) is 35.9 Å². The van der Waals surface area contributed by atoms with Gasteiger partial charge in [0.25, 0.3) is 0 Å². The van der Waals surface area contributed by atoms with Crippen molar-refractivity contribution in [1.29, 1.82) is 0 Å². The van der Waals surface area contributed by atoms with Gasteiger partial charge in [-0.25, -0.2) is 27.9 Å². The van der Waals surface area contributed by atoms with E-state index in [0.29, 0.717) is 49.0 Å². The molecule has 2 N–H and O–H groups in total. The molecule has 1 aliphatic heterocycles. The lowest BCUT2D eigenvalue weighted by Crippen LogP contribution is -2.37. The molecule has 10 nitrogen and oxygen atoms in total. The number of H-pyrrole nitrogens is 1. The van der Waals surface area contributed by atoms with Crippen LogP contribution in [0, 0.1) is 0 Å². The van der Waals surface area contributed by atoms with Crippen molar-refractivity contribution in [3.63, 3.8) is 0 Å². The Kier molecular flexibility index (Phi) is 4.64. The molecule has 0 saturated carbocycles. The van der Waals surface area contributed by atoms with E-state index in [2.05, 4.69) is 19.7 Å². The lowest BCUT2D eigenvalue weighted by Gasteiger charge is -2.26. The minimum absolute atomic E-state index is 0.0160.